The van der Waals surface area contributed by atoms with Crippen molar-refractivity contribution in [1.82, 2.24) is 0 Å². The Kier molecular flexibility index (Phi) is 3.34. The minimum Gasteiger partial charge on any atom is -0.493 e. The molecule has 0 aliphatic carbocycles. The van der Waals surface area contributed by atoms with Gasteiger partial charge in [-0.2, -0.15) is 0 Å². The number of anilines is 1. The summed E-state index contributed by atoms with van der Waals surface area (Å²) in [6.07, 6.45) is 3.52. The van der Waals surface area contributed by atoms with Crippen LogP contribution in [-0.4, -0.2) is 19.1 Å². The number of ether oxygens (including phenoxy) is 1. The largest absolute Gasteiger partial charge is 0.493 e. The van der Waals surface area contributed by atoms with Crippen molar-refractivity contribution in [3.05, 3.63) is 59.2 Å². The summed E-state index contributed by atoms with van der Waals surface area (Å²) in [7, 11) is 0. The van der Waals surface area contributed by atoms with Crippen molar-refractivity contribution >= 4 is 11.6 Å². The van der Waals surface area contributed by atoms with Gasteiger partial charge in [0, 0.05) is 18.7 Å². The van der Waals surface area contributed by atoms with Crippen LogP contribution in [0, 0.1) is 0 Å². The van der Waals surface area contributed by atoms with Crippen LogP contribution < -0.4 is 9.64 Å². The maximum atomic E-state index is 12.7. The van der Waals surface area contributed by atoms with Crippen LogP contribution in [0.1, 0.15) is 23.1 Å². The second-order valence-electron chi connectivity index (χ2n) is 5.99. The van der Waals surface area contributed by atoms with Crippen LogP contribution >= 0.6 is 0 Å². The molecular formula is C19H19NO2. The highest BCUT2D eigenvalue weighted by molar-refractivity contribution is 5.95. The van der Waals surface area contributed by atoms with Gasteiger partial charge in [-0.25, -0.2) is 0 Å². The molecule has 2 aliphatic heterocycles. The first-order valence-electron chi connectivity index (χ1n) is 7.94. The normalized spacial score (nSPS) is 15.9. The molecule has 0 bridgehead atoms. The zero-order chi connectivity index (χ0) is 14.9. The molecule has 3 heteroatoms. The molecule has 0 aromatic heterocycles. The van der Waals surface area contributed by atoms with Crippen LogP contribution in [0.2, 0.25) is 0 Å². The van der Waals surface area contributed by atoms with Crippen LogP contribution in [0.5, 0.6) is 5.75 Å². The molecule has 0 radical (unpaired) electrons. The molecule has 2 aromatic carbocycles. The van der Waals surface area contributed by atoms with E-state index in [1.54, 1.807) is 0 Å². The molecule has 112 valence electrons. The minimum absolute atomic E-state index is 0.186. The van der Waals surface area contributed by atoms with E-state index in [4.69, 9.17) is 4.74 Å². The number of hydrogen-bond donors (Lipinski definition) is 0. The Morgan fingerprint density at radius 1 is 1.09 bits per heavy atom. The molecule has 0 spiro atoms. The van der Waals surface area contributed by atoms with Crippen molar-refractivity contribution < 1.29 is 9.53 Å². The summed E-state index contributed by atoms with van der Waals surface area (Å²) in [5.74, 6) is 1.16. The van der Waals surface area contributed by atoms with Crippen LogP contribution in [0.3, 0.4) is 0 Å². The Balaban J connectivity index is 1.56. The number of fused-ring (bicyclic) bond motifs is 2. The van der Waals surface area contributed by atoms with Gasteiger partial charge in [0.25, 0.3) is 0 Å². The summed E-state index contributed by atoms with van der Waals surface area (Å²) in [6, 6.07) is 14.4. The number of amides is 1. The van der Waals surface area contributed by atoms with Crippen molar-refractivity contribution in [3.63, 3.8) is 0 Å². The topological polar surface area (TPSA) is 29.5 Å². The van der Waals surface area contributed by atoms with E-state index >= 15 is 0 Å². The third-order valence-corrected chi connectivity index (χ3v) is 4.52. The van der Waals surface area contributed by atoms with Crippen LogP contribution in [-0.2, 0) is 24.1 Å². The highest BCUT2D eigenvalue weighted by Gasteiger charge is 2.22. The SMILES string of the molecule is O=C(Cc1ccc2c(c1)CCO2)N1CCCc2ccccc21. The Bertz CT molecular complexity index is 723. The summed E-state index contributed by atoms with van der Waals surface area (Å²) in [4.78, 5) is 14.7. The average molecular weight is 293 g/mol. The smallest absolute Gasteiger partial charge is 0.231 e. The molecule has 2 aliphatic rings. The van der Waals surface area contributed by atoms with Crippen LogP contribution in [0.4, 0.5) is 5.69 Å². The summed E-state index contributed by atoms with van der Waals surface area (Å²) >= 11 is 0. The Hall–Kier alpha value is -2.29. The van der Waals surface area contributed by atoms with E-state index in [1.165, 1.54) is 11.1 Å². The summed E-state index contributed by atoms with van der Waals surface area (Å²) in [5.41, 5.74) is 4.68. The lowest BCUT2D eigenvalue weighted by atomic mass is 10.0. The van der Waals surface area contributed by atoms with Crippen molar-refractivity contribution in [2.24, 2.45) is 0 Å². The van der Waals surface area contributed by atoms with Gasteiger partial charge in [-0.15, -0.1) is 0 Å². The van der Waals surface area contributed by atoms with Gasteiger partial charge in [0.15, 0.2) is 0 Å². The standard InChI is InChI=1S/C19H19NO2/c21-19(13-14-7-8-18-16(12-14)9-11-22-18)20-10-3-5-15-4-1-2-6-17(15)20/h1-2,4,6-8,12H,3,5,9-11,13H2. The van der Waals surface area contributed by atoms with E-state index in [1.807, 2.05) is 29.2 Å². The summed E-state index contributed by atoms with van der Waals surface area (Å²) in [5, 5.41) is 0. The van der Waals surface area contributed by atoms with Crippen molar-refractivity contribution in [1.29, 1.82) is 0 Å². The first kappa shape index (κ1) is 13.4. The molecule has 0 atom stereocenters. The lowest BCUT2D eigenvalue weighted by Gasteiger charge is -2.29. The van der Waals surface area contributed by atoms with Crippen LogP contribution in [0.25, 0.3) is 0 Å². The van der Waals surface area contributed by atoms with E-state index < -0.39 is 0 Å². The first-order valence-corrected chi connectivity index (χ1v) is 7.94. The second kappa shape index (κ2) is 5.48. The summed E-state index contributed by atoms with van der Waals surface area (Å²) < 4.78 is 5.53. The summed E-state index contributed by atoms with van der Waals surface area (Å²) in [6.45, 7) is 1.58. The zero-order valence-electron chi connectivity index (χ0n) is 12.5. The number of benzene rings is 2. The zero-order valence-corrected chi connectivity index (χ0v) is 12.5. The number of para-hydroxylation sites is 1. The number of carbonyl (C=O) groups excluding carboxylic acids is 1. The van der Waals surface area contributed by atoms with Gasteiger partial charge in [-0.1, -0.05) is 30.3 Å². The molecule has 2 heterocycles. The van der Waals surface area contributed by atoms with Gasteiger partial charge in [0.1, 0.15) is 5.75 Å². The number of hydrogen-bond acceptors (Lipinski definition) is 2. The molecule has 0 saturated carbocycles. The average Bonchev–Trinajstić information content (AvgIpc) is 3.02. The second-order valence-corrected chi connectivity index (χ2v) is 5.99. The highest BCUT2D eigenvalue weighted by atomic mass is 16.5. The molecule has 0 unspecified atom stereocenters. The van der Waals surface area contributed by atoms with E-state index in [-0.39, 0.29) is 5.91 Å². The van der Waals surface area contributed by atoms with Gasteiger partial charge < -0.3 is 9.64 Å². The van der Waals surface area contributed by atoms with Gasteiger partial charge >= 0.3 is 0 Å². The quantitative estimate of drug-likeness (QED) is 0.851. The fraction of sp³-hybridized carbons (Fsp3) is 0.316. The van der Waals surface area contributed by atoms with Crippen LogP contribution in [0.15, 0.2) is 42.5 Å². The molecule has 0 fully saturated rings. The van der Waals surface area contributed by atoms with Gasteiger partial charge in [0.2, 0.25) is 5.91 Å². The fourth-order valence-electron chi connectivity index (χ4n) is 3.41. The number of nitrogens with zero attached hydrogens (tertiary/aromatic N) is 1. The molecule has 0 N–H and O–H groups in total. The van der Waals surface area contributed by atoms with E-state index in [9.17, 15) is 4.79 Å². The van der Waals surface area contributed by atoms with E-state index in [2.05, 4.69) is 18.2 Å². The number of aryl methyl sites for hydroxylation is 1. The number of carbonyl (C=O) groups is 1. The van der Waals surface area contributed by atoms with Gasteiger partial charge in [-0.05, 0) is 41.7 Å². The molecule has 1 amide bonds. The molecule has 22 heavy (non-hydrogen) atoms. The fourth-order valence-corrected chi connectivity index (χ4v) is 3.41. The molecule has 0 saturated heterocycles. The Morgan fingerprint density at radius 2 is 2.00 bits per heavy atom. The van der Waals surface area contributed by atoms with Crippen molar-refractivity contribution in [2.75, 3.05) is 18.1 Å². The molecule has 4 rings (SSSR count). The predicted molar refractivity (Wildman–Crippen MR) is 86.5 cm³/mol. The predicted octanol–water partition coefficient (Wildman–Crippen LogP) is 3.14. The van der Waals surface area contributed by atoms with Gasteiger partial charge in [0.05, 0.1) is 13.0 Å². The van der Waals surface area contributed by atoms with Gasteiger partial charge in [-0.3, -0.25) is 4.79 Å². The molecule has 2 aromatic rings. The number of rotatable bonds is 2. The third kappa shape index (κ3) is 2.37. The molecule has 3 nitrogen and oxygen atoms in total. The lowest BCUT2D eigenvalue weighted by molar-refractivity contribution is -0.118. The lowest BCUT2D eigenvalue weighted by Crippen LogP contribution is -2.36. The van der Waals surface area contributed by atoms with Crippen molar-refractivity contribution in [3.8, 4) is 5.75 Å². The monoisotopic (exact) mass is 293 g/mol. The third-order valence-electron chi connectivity index (χ3n) is 4.52. The van der Waals surface area contributed by atoms with E-state index in [0.29, 0.717) is 6.42 Å². The molecular weight excluding hydrogens is 274 g/mol. The Labute approximate surface area is 130 Å². The Morgan fingerprint density at radius 3 is 2.95 bits per heavy atom. The minimum atomic E-state index is 0.186. The van der Waals surface area contributed by atoms with Crippen molar-refractivity contribution in [2.45, 2.75) is 25.7 Å². The maximum Gasteiger partial charge on any atom is 0.231 e. The highest BCUT2D eigenvalue weighted by Crippen LogP contribution is 2.29. The maximum absolute atomic E-state index is 12.7. The first-order chi connectivity index (χ1) is 10.8. The van der Waals surface area contributed by atoms with E-state index in [0.717, 1.165) is 49.4 Å².